The Balaban J connectivity index is 2.01. The number of carbonyl (C=O) groups is 1. The maximum atomic E-state index is 11.6. The molecule has 1 rings (SSSR count). The molecule has 1 amide bonds. The Morgan fingerprint density at radius 3 is 2.41 bits per heavy atom. The average Bonchev–Trinajstić information content (AvgIpc) is 2.58. The van der Waals surface area contributed by atoms with Gasteiger partial charge in [0.15, 0.2) is 5.96 Å². The summed E-state index contributed by atoms with van der Waals surface area (Å²) in [5, 5.41) is 9.39. The molecule has 7 nitrogen and oxygen atoms in total. The summed E-state index contributed by atoms with van der Waals surface area (Å²) in [5.74, 6) is 1.67. The highest BCUT2D eigenvalue weighted by Crippen LogP contribution is 2.15. The van der Waals surface area contributed by atoms with Crippen LogP contribution >= 0.6 is 0 Å². The fourth-order valence-corrected chi connectivity index (χ4v) is 3.18. The normalized spacial score (nSPS) is 18.9. The second kappa shape index (κ2) is 12.8. The molecule has 0 aliphatic carbocycles. The van der Waals surface area contributed by atoms with Crippen molar-refractivity contribution in [2.24, 2.45) is 10.9 Å². The summed E-state index contributed by atoms with van der Waals surface area (Å²) in [4.78, 5) is 18.4. The van der Waals surface area contributed by atoms with E-state index in [-0.39, 0.29) is 6.09 Å². The number of rotatable bonds is 9. The minimum Gasteiger partial charge on any atom is -0.444 e. The summed E-state index contributed by atoms with van der Waals surface area (Å²) < 4.78 is 5.20. The van der Waals surface area contributed by atoms with Gasteiger partial charge < -0.3 is 25.6 Å². The molecule has 158 valence electrons. The molecule has 0 saturated carbocycles. The number of nitrogens with zero attached hydrogens (tertiary/aromatic N) is 2. The van der Waals surface area contributed by atoms with Crippen LogP contribution in [0.3, 0.4) is 0 Å². The van der Waals surface area contributed by atoms with Crippen molar-refractivity contribution in [1.82, 2.24) is 20.9 Å². The van der Waals surface area contributed by atoms with Gasteiger partial charge in [0.1, 0.15) is 5.60 Å². The van der Waals surface area contributed by atoms with Crippen molar-refractivity contribution in [3.8, 4) is 0 Å². The van der Waals surface area contributed by atoms with Gasteiger partial charge in [0.25, 0.3) is 0 Å². The number of unbranched alkanes of at least 4 members (excludes halogenated alkanes) is 1. The molecule has 0 aromatic heterocycles. The third-order valence-corrected chi connectivity index (χ3v) is 4.47. The van der Waals surface area contributed by atoms with Crippen LogP contribution in [0.2, 0.25) is 0 Å². The quantitative estimate of drug-likeness (QED) is 0.324. The minimum atomic E-state index is -0.458. The molecule has 0 aromatic rings. The van der Waals surface area contributed by atoms with Crippen LogP contribution < -0.4 is 16.0 Å². The number of piperidine rings is 1. The Morgan fingerprint density at radius 2 is 1.78 bits per heavy atom. The van der Waals surface area contributed by atoms with Crippen molar-refractivity contribution >= 4 is 12.1 Å². The van der Waals surface area contributed by atoms with Crippen molar-refractivity contribution in [2.75, 3.05) is 46.3 Å². The zero-order chi connectivity index (χ0) is 20.1. The number of aliphatic imine (C=N–C) groups is 1. The first-order valence-electron chi connectivity index (χ1n) is 10.4. The first-order valence-corrected chi connectivity index (χ1v) is 10.4. The van der Waals surface area contributed by atoms with E-state index in [2.05, 4.69) is 32.8 Å². The van der Waals surface area contributed by atoms with Gasteiger partial charge in [-0.2, -0.15) is 0 Å². The van der Waals surface area contributed by atoms with Gasteiger partial charge in [-0.15, -0.1) is 0 Å². The molecule has 1 fully saturated rings. The van der Waals surface area contributed by atoms with E-state index in [9.17, 15) is 4.79 Å². The fourth-order valence-electron chi connectivity index (χ4n) is 3.18. The Labute approximate surface area is 165 Å². The zero-order valence-electron chi connectivity index (χ0n) is 18.1. The summed E-state index contributed by atoms with van der Waals surface area (Å²) in [7, 11) is 1.78. The maximum absolute atomic E-state index is 11.6. The van der Waals surface area contributed by atoms with E-state index in [1.165, 1.54) is 38.9 Å². The predicted octanol–water partition coefficient (Wildman–Crippen LogP) is 2.58. The molecule has 1 saturated heterocycles. The molecule has 27 heavy (non-hydrogen) atoms. The number of hydrogen-bond donors (Lipinski definition) is 3. The molecule has 0 spiro atoms. The summed E-state index contributed by atoms with van der Waals surface area (Å²) in [6.07, 6.45) is 5.54. The van der Waals surface area contributed by atoms with Gasteiger partial charge in [0.2, 0.25) is 0 Å². The van der Waals surface area contributed by atoms with E-state index >= 15 is 0 Å². The molecular weight excluding hydrogens is 342 g/mol. The topological polar surface area (TPSA) is 78.0 Å². The third-order valence-electron chi connectivity index (χ3n) is 4.47. The number of hydrogen-bond acceptors (Lipinski definition) is 4. The lowest BCUT2D eigenvalue weighted by atomic mass is 10.0. The third kappa shape index (κ3) is 12.5. The summed E-state index contributed by atoms with van der Waals surface area (Å²) in [5.41, 5.74) is -0.458. The molecule has 0 bridgehead atoms. The van der Waals surface area contributed by atoms with Crippen molar-refractivity contribution in [3.63, 3.8) is 0 Å². The highest BCUT2D eigenvalue weighted by atomic mass is 16.6. The van der Waals surface area contributed by atoms with Crippen LogP contribution in [-0.2, 0) is 4.74 Å². The molecule has 7 heteroatoms. The number of alkyl carbamates (subject to hydrolysis) is 1. The average molecular weight is 384 g/mol. The molecular formula is C20H41N5O2. The standard InChI is InChI=1S/C20H41N5O2/c1-17-10-8-15-25(16-17)14-7-6-11-22-18(21-5)23-12-9-13-24-19(26)27-20(2,3)4/h17H,6-16H2,1-5H3,(H,24,26)(H2,21,22,23). The lowest BCUT2D eigenvalue weighted by Crippen LogP contribution is -2.40. The van der Waals surface area contributed by atoms with Crippen molar-refractivity contribution < 1.29 is 9.53 Å². The van der Waals surface area contributed by atoms with Gasteiger partial charge in [-0.05, 0) is 71.9 Å². The lowest BCUT2D eigenvalue weighted by Gasteiger charge is -2.30. The maximum Gasteiger partial charge on any atom is 0.407 e. The Morgan fingerprint density at radius 1 is 1.11 bits per heavy atom. The van der Waals surface area contributed by atoms with Gasteiger partial charge in [0, 0.05) is 33.2 Å². The van der Waals surface area contributed by atoms with Gasteiger partial charge in [-0.25, -0.2) is 4.79 Å². The van der Waals surface area contributed by atoms with E-state index < -0.39 is 5.60 Å². The smallest absolute Gasteiger partial charge is 0.407 e. The van der Waals surface area contributed by atoms with Gasteiger partial charge in [-0.1, -0.05) is 6.92 Å². The number of nitrogens with one attached hydrogen (secondary N) is 3. The van der Waals surface area contributed by atoms with Crippen molar-refractivity contribution in [2.45, 2.75) is 65.4 Å². The van der Waals surface area contributed by atoms with Crippen LogP contribution in [0.25, 0.3) is 0 Å². The van der Waals surface area contributed by atoms with E-state index in [1.54, 1.807) is 7.05 Å². The van der Waals surface area contributed by atoms with Crippen LogP contribution in [0.15, 0.2) is 4.99 Å². The number of likely N-dealkylation sites (tertiary alicyclic amines) is 1. The fraction of sp³-hybridized carbons (Fsp3) is 0.900. The molecule has 1 atom stereocenters. The van der Waals surface area contributed by atoms with Crippen LogP contribution in [0.1, 0.15) is 59.8 Å². The molecule has 1 aliphatic rings. The molecule has 0 aromatic carbocycles. The Kier molecular flexibility index (Phi) is 11.2. The second-order valence-electron chi connectivity index (χ2n) is 8.46. The van der Waals surface area contributed by atoms with E-state index in [0.29, 0.717) is 6.54 Å². The van der Waals surface area contributed by atoms with E-state index in [0.717, 1.165) is 37.8 Å². The number of guanidine groups is 1. The van der Waals surface area contributed by atoms with Crippen molar-refractivity contribution in [1.29, 1.82) is 0 Å². The van der Waals surface area contributed by atoms with Crippen LogP contribution in [0.5, 0.6) is 0 Å². The molecule has 3 N–H and O–H groups in total. The molecule has 1 unspecified atom stereocenters. The van der Waals surface area contributed by atoms with E-state index in [1.807, 2.05) is 20.8 Å². The minimum absolute atomic E-state index is 0.367. The Bertz CT molecular complexity index is 448. The number of amides is 1. The second-order valence-corrected chi connectivity index (χ2v) is 8.46. The van der Waals surface area contributed by atoms with Crippen LogP contribution in [-0.4, -0.2) is 68.9 Å². The van der Waals surface area contributed by atoms with E-state index in [4.69, 9.17) is 4.74 Å². The summed E-state index contributed by atoms with van der Waals surface area (Å²) >= 11 is 0. The number of ether oxygens (including phenoxy) is 1. The monoisotopic (exact) mass is 383 g/mol. The van der Waals surface area contributed by atoms with Gasteiger partial charge >= 0.3 is 6.09 Å². The van der Waals surface area contributed by atoms with Crippen LogP contribution in [0.4, 0.5) is 4.79 Å². The summed E-state index contributed by atoms with van der Waals surface area (Å²) in [6.45, 7) is 13.9. The molecule has 0 radical (unpaired) electrons. The SMILES string of the molecule is CN=C(NCCCCN1CCCC(C)C1)NCCCNC(=O)OC(C)(C)C. The largest absolute Gasteiger partial charge is 0.444 e. The van der Waals surface area contributed by atoms with Crippen LogP contribution in [0, 0.1) is 5.92 Å². The van der Waals surface area contributed by atoms with Gasteiger partial charge in [-0.3, -0.25) is 4.99 Å². The lowest BCUT2D eigenvalue weighted by molar-refractivity contribution is 0.0527. The highest BCUT2D eigenvalue weighted by Gasteiger charge is 2.16. The summed E-state index contributed by atoms with van der Waals surface area (Å²) in [6, 6.07) is 0. The van der Waals surface area contributed by atoms with Crippen molar-refractivity contribution in [3.05, 3.63) is 0 Å². The van der Waals surface area contributed by atoms with Gasteiger partial charge in [0.05, 0.1) is 0 Å². The molecule has 1 aliphatic heterocycles. The highest BCUT2D eigenvalue weighted by molar-refractivity contribution is 5.79. The molecule has 1 heterocycles. The number of carbonyl (C=O) groups excluding carboxylic acids is 1. The predicted molar refractivity (Wildman–Crippen MR) is 112 cm³/mol. The Hall–Kier alpha value is -1.50. The first kappa shape index (κ1) is 23.5. The zero-order valence-corrected chi connectivity index (χ0v) is 18.1. The first-order chi connectivity index (χ1) is 12.8.